The second kappa shape index (κ2) is 6.61. The third kappa shape index (κ3) is 5.23. The molecule has 16 heavy (non-hydrogen) atoms. The zero-order valence-electron chi connectivity index (χ0n) is 10.4. The Bertz CT molecular complexity index is 322. The maximum Gasteiger partial charge on any atom is 0.186 e. The highest BCUT2D eigenvalue weighted by Gasteiger charge is 2.18. The van der Waals surface area contributed by atoms with E-state index in [1.165, 1.54) is 11.6 Å². The van der Waals surface area contributed by atoms with Gasteiger partial charge in [-0.25, -0.2) is 0 Å². The Morgan fingerprint density at radius 1 is 1.25 bits per heavy atom. The summed E-state index contributed by atoms with van der Waals surface area (Å²) in [6.07, 6.45) is 3.07. The largest absolute Gasteiger partial charge is 0.420 e. The summed E-state index contributed by atoms with van der Waals surface area (Å²) in [5.41, 5.74) is 1.17. The molecule has 0 heterocycles. The third-order valence-electron chi connectivity index (χ3n) is 2.66. The van der Waals surface area contributed by atoms with Crippen LogP contribution in [0.1, 0.15) is 12.0 Å². The third-order valence-corrected chi connectivity index (χ3v) is 5.32. The van der Waals surface area contributed by atoms with E-state index in [9.17, 15) is 0 Å². The van der Waals surface area contributed by atoms with Gasteiger partial charge in [0.05, 0.1) is 0 Å². The van der Waals surface area contributed by atoms with E-state index in [0.717, 1.165) is 13.0 Å². The minimum Gasteiger partial charge on any atom is -0.420 e. The summed E-state index contributed by atoms with van der Waals surface area (Å²) < 4.78 is 5.49. The first kappa shape index (κ1) is 13.1. The molecule has 1 aromatic carbocycles. The van der Waals surface area contributed by atoms with Crippen molar-refractivity contribution >= 4 is 14.5 Å². The summed E-state index contributed by atoms with van der Waals surface area (Å²) in [6.45, 7) is 5.39. The van der Waals surface area contributed by atoms with Crippen LogP contribution in [0.3, 0.4) is 0 Å². The van der Waals surface area contributed by atoms with Crippen molar-refractivity contribution in [2.24, 2.45) is 4.99 Å². The smallest absolute Gasteiger partial charge is 0.186 e. The van der Waals surface area contributed by atoms with Gasteiger partial charge in [-0.05, 0) is 31.1 Å². The van der Waals surface area contributed by atoms with Crippen LogP contribution >= 0.6 is 0 Å². The molecule has 0 amide bonds. The fourth-order valence-electron chi connectivity index (χ4n) is 1.41. The molecule has 0 saturated heterocycles. The van der Waals surface area contributed by atoms with E-state index < -0.39 is 8.32 Å². The maximum atomic E-state index is 5.49. The lowest BCUT2D eigenvalue weighted by Crippen LogP contribution is -2.28. The zero-order valence-corrected chi connectivity index (χ0v) is 11.4. The van der Waals surface area contributed by atoms with Gasteiger partial charge in [0.25, 0.3) is 0 Å². The Morgan fingerprint density at radius 2 is 1.94 bits per heavy atom. The Balaban J connectivity index is 2.24. The highest BCUT2D eigenvalue weighted by Crippen LogP contribution is 2.11. The second-order valence-electron chi connectivity index (χ2n) is 4.51. The summed E-state index contributed by atoms with van der Waals surface area (Å²) in [7, 11) is 0.438. The Hall–Kier alpha value is -0.933. The van der Waals surface area contributed by atoms with Gasteiger partial charge in [-0.2, -0.15) is 0 Å². The SMILES string of the molecule is CO[Si](C)(C)CCCN=Cc1ccccc1. The van der Waals surface area contributed by atoms with E-state index in [1.54, 1.807) is 0 Å². The van der Waals surface area contributed by atoms with Crippen molar-refractivity contribution < 1.29 is 4.43 Å². The molecule has 0 bridgehead atoms. The van der Waals surface area contributed by atoms with Gasteiger partial charge in [-0.1, -0.05) is 30.3 Å². The van der Waals surface area contributed by atoms with Gasteiger partial charge >= 0.3 is 0 Å². The summed E-state index contributed by atoms with van der Waals surface area (Å²) in [5, 5.41) is 0. The highest BCUT2D eigenvalue weighted by molar-refractivity contribution is 6.71. The first-order chi connectivity index (χ1) is 7.64. The lowest BCUT2D eigenvalue weighted by molar-refractivity contribution is 0.402. The molecule has 0 radical (unpaired) electrons. The first-order valence-electron chi connectivity index (χ1n) is 5.74. The van der Waals surface area contributed by atoms with Gasteiger partial charge in [-0.3, -0.25) is 4.99 Å². The lowest BCUT2D eigenvalue weighted by atomic mass is 10.2. The monoisotopic (exact) mass is 235 g/mol. The molecular weight excluding hydrogens is 214 g/mol. The van der Waals surface area contributed by atoms with Crippen LogP contribution in [0.15, 0.2) is 35.3 Å². The van der Waals surface area contributed by atoms with Crippen molar-refractivity contribution in [1.82, 2.24) is 0 Å². The van der Waals surface area contributed by atoms with Crippen LogP contribution in [0.4, 0.5) is 0 Å². The fourth-order valence-corrected chi connectivity index (χ4v) is 2.62. The Kier molecular flexibility index (Phi) is 5.42. The van der Waals surface area contributed by atoms with E-state index in [2.05, 4.69) is 30.2 Å². The Morgan fingerprint density at radius 3 is 2.56 bits per heavy atom. The molecule has 0 unspecified atom stereocenters. The predicted molar refractivity (Wildman–Crippen MR) is 72.8 cm³/mol. The molecule has 0 fully saturated rings. The molecule has 0 aliphatic rings. The van der Waals surface area contributed by atoms with Crippen molar-refractivity contribution in [3.63, 3.8) is 0 Å². The predicted octanol–water partition coefficient (Wildman–Crippen LogP) is 3.35. The Labute approximate surface area is 99.5 Å². The lowest BCUT2D eigenvalue weighted by Gasteiger charge is -2.18. The molecule has 88 valence electrons. The van der Waals surface area contributed by atoms with Crippen LogP contribution in [-0.4, -0.2) is 28.2 Å². The molecular formula is C13H21NOSi. The number of rotatable bonds is 6. The first-order valence-corrected chi connectivity index (χ1v) is 8.86. The second-order valence-corrected chi connectivity index (χ2v) is 8.94. The van der Waals surface area contributed by atoms with Crippen molar-refractivity contribution in [3.05, 3.63) is 35.9 Å². The van der Waals surface area contributed by atoms with Crippen molar-refractivity contribution in [2.75, 3.05) is 13.7 Å². The van der Waals surface area contributed by atoms with Gasteiger partial charge in [0.1, 0.15) is 0 Å². The van der Waals surface area contributed by atoms with Gasteiger partial charge in [0, 0.05) is 19.9 Å². The maximum absolute atomic E-state index is 5.49. The normalized spacial score (nSPS) is 12.2. The van der Waals surface area contributed by atoms with Gasteiger partial charge < -0.3 is 4.43 Å². The van der Waals surface area contributed by atoms with E-state index in [-0.39, 0.29) is 0 Å². The van der Waals surface area contributed by atoms with Crippen LogP contribution in [0.2, 0.25) is 19.1 Å². The van der Waals surface area contributed by atoms with E-state index in [4.69, 9.17) is 4.43 Å². The van der Waals surface area contributed by atoms with Crippen molar-refractivity contribution in [1.29, 1.82) is 0 Å². The summed E-state index contributed by atoms with van der Waals surface area (Å²) in [6, 6.07) is 11.4. The molecule has 1 rings (SSSR count). The minimum atomic E-state index is -1.38. The molecule has 1 aromatic rings. The van der Waals surface area contributed by atoms with Gasteiger partial charge in [-0.15, -0.1) is 0 Å². The molecule has 0 N–H and O–H groups in total. The van der Waals surface area contributed by atoms with E-state index >= 15 is 0 Å². The van der Waals surface area contributed by atoms with E-state index in [1.807, 2.05) is 31.5 Å². The molecule has 0 aliphatic carbocycles. The molecule has 0 atom stereocenters. The topological polar surface area (TPSA) is 21.6 Å². The number of hydrogen-bond acceptors (Lipinski definition) is 2. The van der Waals surface area contributed by atoms with Gasteiger partial charge in [0.15, 0.2) is 8.32 Å². The molecule has 0 aliphatic heterocycles. The van der Waals surface area contributed by atoms with Gasteiger partial charge in [0.2, 0.25) is 0 Å². The van der Waals surface area contributed by atoms with Crippen LogP contribution < -0.4 is 0 Å². The molecule has 0 aromatic heterocycles. The molecule has 0 saturated carbocycles. The summed E-state index contributed by atoms with van der Waals surface area (Å²) in [5.74, 6) is 0. The van der Waals surface area contributed by atoms with Crippen LogP contribution in [0, 0.1) is 0 Å². The number of aliphatic imine (C=N–C) groups is 1. The quantitative estimate of drug-likeness (QED) is 0.421. The van der Waals surface area contributed by atoms with E-state index in [0.29, 0.717) is 0 Å². The average molecular weight is 235 g/mol. The van der Waals surface area contributed by atoms with Crippen LogP contribution in [0.25, 0.3) is 0 Å². The van der Waals surface area contributed by atoms with Crippen molar-refractivity contribution in [2.45, 2.75) is 25.6 Å². The zero-order chi connectivity index (χ0) is 11.9. The highest BCUT2D eigenvalue weighted by atomic mass is 28.4. The van der Waals surface area contributed by atoms with Crippen LogP contribution in [0.5, 0.6) is 0 Å². The minimum absolute atomic E-state index is 0.898. The standard InChI is InChI=1S/C13H21NOSi/c1-15-16(2,3)11-7-10-14-12-13-8-5-4-6-9-13/h4-6,8-9,12H,7,10-11H2,1-3H3. The van der Waals surface area contributed by atoms with Crippen molar-refractivity contribution in [3.8, 4) is 0 Å². The number of hydrogen-bond donors (Lipinski definition) is 0. The number of nitrogens with zero attached hydrogens (tertiary/aromatic N) is 1. The van der Waals surface area contributed by atoms with Crippen LogP contribution in [-0.2, 0) is 4.43 Å². The molecule has 3 heteroatoms. The molecule has 2 nitrogen and oxygen atoms in total. The summed E-state index contributed by atoms with van der Waals surface area (Å²) >= 11 is 0. The molecule has 0 spiro atoms. The summed E-state index contributed by atoms with van der Waals surface area (Å²) in [4.78, 5) is 4.42. The number of benzene rings is 1. The fraction of sp³-hybridized carbons (Fsp3) is 0.462. The average Bonchev–Trinajstić information content (AvgIpc) is 2.30.